The van der Waals surface area contributed by atoms with Crippen LogP contribution in [0.2, 0.25) is 0 Å². The van der Waals surface area contributed by atoms with Gasteiger partial charge in [0, 0.05) is 28.6 Å². The zero-order valence-electron chi connectivity index (χ0n) is 21.5. The van der Waals surface area contributed by atoms with E-state index < -0.39 is 0 Å². The lowest BCUT2D eigenvalue weighted by Crippen LogP contribution is -2.31. The fourth-order valence-electron chi connectivity index (χ4n) is 5.04. The van der Waals surface area contributed by atoms with E-state index in [1.165, 1.54) is 39.1 Å². The molecule has 1 heterocycles. The summed E-state index contributed by atoms with van der Waals surface area (Å²) in [6.07, 6.45) is 0. The average Bonchev–Trinajstić information content (AvgIpc) is 2.89. The van der Waals surface area contributed by atoms with Crippen LogP contribution in [-0.4, -0.2) is 6.73 Å². The van der Waals surface area contributed by atoms with Crippen molar-refractivity contribution in [3.8, 4) is 5.75 Å². The number of hydrogen-bond acceptors (Lipinski definition) is 2. The number of aryl methyl sites for hydroxylation is 1. The molecule has 1 aliphatic rings. The van der Waals surface area contributed by atoms with Gasteiger partial charge in [-0.3, -0.25) is 0 Å². The highest BCUT2D eigenvalue weighted by molar-refractivity contribution is 5.53. The normalized spacial score (nSPS) is 13.8. The van der Waals surface area contributed by atoms with Gasteiger partial charge >= 0.3 is 0 Å². The van der Waals surface area contributed by atoms with Gasteiger partial charge in [0.25, 0.3) is 0 Å². The van der Waals surface area contributed by atoms with Crippen molar-refractivity contribution < 1.29 is 4.74 Å². The van der Waals surface area contributed by atoms with Crippen molar-refractivity contribution in [1.29, 1.82) is 0 Å². The summed E-state index contributed by atoms with van der Waals surface area (Å²) in [5, 5.41) is 0. The molecule has 0 aliphatic carbocycles. The first-order chi connectivity index (χ1) is 16.7. The van der Waals surface area contributed by atoms with Gasteiger partial charge in [-0.05, 0) is 47.4 Å². The van der Waals surface area contributed by atoms with E-state index in [-0.39, 0.29) is 10.8 Å². The summed E-state index contributed by atoms with van der Waals surface area (Å²) < 4.78 is 5.96. The molecule has 0 saturated carbocycles. The van der Waals surface area contributed by atoms with Gasteiger partial charge < -0.3 is 9.64 Å². The van der Waals surface area contributed by atoms with Crippen LogP contribution in [0.1, 0.15) is 61.1 Å². The zero-order valence-corrected chi connectivity index (χ0v) is 21.5. The predicted octanol–water partition coefficient (Wildman–Crippen LogP) is 8.00. The van der Waals surface area contributed by atoms with Crippen LogP contribution in [-0.2, 0) is 17.4 Å². The van der Waals surface area contributed by atoms with Crippen molar-refractivity contribution in [1.82, 2.24) is 0 Å². The molecule has 2 heteroatoms. The minimum Gasteiger partial charge on any atom is -0.473 e. The van der Waals surface area contributed by atoms with Crippen LogP contribution >= 0.6 is 0 Å². The molecule has 2 nitrogen and oxygen atoms in total. The molecule has 1 aliphatic heterocycles. The molecule has 0 unspecified atom stereocenters. The minimum absolute atomic E-state index is 0.0346. The maximum absolute atomic E-state index is 5.96. The maximum atomic E-state index is 5.96. The third kappa shape index (κ3) is 4.46. The Bertz CT molecular complexity index is 1300. The summed E-state index contributed by atoms with van der Waals surface area (Å²) in [5.74, 6) is 0.996. The highest BCUT2D eigenvalue weighted by Gasteiger charge is 2.27. The van der Waals surface area contributed by atoms with Crippen molar-refractivity contribution >= 4 is 5.69 Å². The number of anilines is 1. The van der Waals surface area contributed by atoms with Gasteiger partial charge in [0.05, 0.1) is 0 Å². The highest BCUT2D eigenvalue weighted by Crippen LogP contribution is 2.37. The summed E-state index contributed by atoms with van der Waals surface area (Å²) in [7, 11) is 0. The Hall–Kier alpha value is -3.52. The van der Waals surface area contributed by atoms with Gasteiger partial charge in [-0.1, -0.05) is 112 Å². The second-order valence-corrected chi connectivity index (χ2v) is 10.8. The molecule has 0 spiro atoms. The van der Waals surface area contributed by atoms with Gasteiger partial charge in [0.2, 0.25) is 0 Å². The molecule has 35 heavy (non-hydrogen) atoms. The van der Waals surface area contributed by atoms with Crippen molar-refractivity contribution in [2.24, 2.45) is 0 Å². The first-order valence-electron chi connectivity index (χ1n) is 12.5. The predicted molar refractivity (Wildman–Crippen MR) is 146 cm³/mol. The lowest BCUT2D eigenvalue weighted by Gasteiger charge is -2.32. The second-order valence-electron chi connectivity index (χ2n) is 10.8. The maximum Gasteiger partial charge on any atom is 0.161 e. The number of nitrogens with zero attached hydrogens (tertiary/aromatic N) is 1. The number of hydrogen-bond donors (Lipinski definition) is 0. The molecular formula is C33H35NO. The number of rotatable bonds is 5. The van der Waals surface area contributed by atoms with Crippen molar-refractivity contribution in [2.45, 2.75) is 52.0 Å². The van der Waals surface area contributed by atoms with Crippen LogP contribution in [0, 0.1) is 6.92 Å². The standard InChI is InChI=1S/C33H35NO/c1-24-10-12-26(13-11-24)32(2,3)27-14-16-28(17-15-27)33(4,5)29-18-20-30(21-19-29)34-22-25-8-6-7-9-31(25)35-23-34/h6-21H,22-23H2,1-5H3. The zero-order chi connectivity index (χ0) is 24.6. The molecule has 0 radical (unpaired) electrons. The summed E-state index contributed by atoms with van der Waals surface area (Å²) in [5.41, 5.74) is 8.91. The Morgan fingerprint density at radius 2 is 1.06 bits per heavy atom. The minimum atomic E-state index is -0.0872. The molecule has 0 amide bonds. The fraction of sp³-hybridized carbons (Fsp3) is 0.273. The van der Waals surface area contributed by atoms with E-state index in [0.717, 1.165) is 12.3 Å². The van der Waals surface area contributed by atoms with Gasteiger partial charge in [-0.25, -0.2) is 0 Å². The molecule has 178 valence electrons. The van der Waals surface area contributed by atoms with E-state index >= 15 is 0 Å². The highest BCUT2D eigenvalue weighted by atomic mass is 16.5. The molecule has 0 N–H and O–H groups in total. The average molecular weight is 462 g/mol. The van der Waals surface area contributed by atoms with Gasteiger partial charge in [-0.15, -0.1) is 0 Å². The largest absolute Gasteiger partial charge is 0.473 e. The molecule has 4 aromatic rings. The lowest BCUT2D eigenvalue weighted by atomic mass is 9.74. The third-order valence-electron chi connectivity index (χ3n) is 7.77. The topological polar surface area (TPSA) is 12.5 Å². The first kappa shape index (κ1) is 23.2. The molecule has 0 aromatic heterocycles. The number of fused-ring (bicyclic) bond motifs is 1. The Kier molecular flexibility index (Phi) is 5.92. The van der Waals surface area contributed by atoms with Crippen molar-refractivity contribution in [3.63, 3.8) is 0 Å². The number of para-hydroxylation sites is 1. The first-order valence-corrected chi connectivity index (χ1v) is 12.5. The second kappa shape index (κ2) is 8.92. The van der Waals surface area contributed by atoms with Gasteiger partial charge in [-0.2, -0.15) is 0 Å². The van der Waals surface area contributed by atoms with Crippen molar-refractivity contribution in [3.05, 3.63) is 130 Å². The molecule has 0 saturated heterocycles. The third-order valence-corrected chi connectivity index (χ3v) is 7.77. The quantitative estimate of drug-likeness (QED) is 0.298. The monoisotopic (exact) mass is 461 g/mol. The van der Waals surface area contributed by atoms with Gasteiger partial charge in [0.1, 0.15) is 5.75 Å². The Morgan fingerprint density at radius 3 is 1.60 bits per heavy atom. The van der Waals surface area contributed by atoms with E-state index in [2.05, 4.69) is 124 Å². The molecule has 0 atom stereocenters. The molecule has 0 fully saturated rings. The van der Waals surface area contributed by atoms with E-state index in [1.54, 1.807) is 0 Å². The van der Waals surface area contributed by atoms with Crippen LogP contribution < -0.4 is 9.64 Å². The van der Waals surface area contributed by atoms with Crippen LogP contribution in [0.25, 0.3) is 0 Å². The van der Waals surface area contributed by atoms with E-state index in [1.807, 2.05) is 12.1 Å². The van der Waals surface area contributed by atoms with E-state index in [4.69, 9.17) is 4.74 Å². The SMILES string of the molecule is Cc1ccc(C(C)(C)c2ccc(C(C)(C)c3ccc(N4COc5ccccc5C4)cc3)cc2)cc1. The number of benzene rings is 4. The van der Waals surface area contributed by atoms with Crippen LogP contribution in [0.3, 0.4) is 0 Å². The molecule has 0 bridgehead atoms. The van der Waals surface area contributed by atoms with E-state index in [0.29, 0.717) is 6.73 Å². The Labute approximate surface area is 210 Å². The van der Waals surface area contributed by atoms with Gasteiger partial charge in [0.15, 0.2) is 6.73 Å². The summed E-state index contributed by atoms with van der Waals surface area (Å²) >= 11 is 0. The van der Waals surface area contributed by atoms with E-state index in [9.17, 15) is 0 Å². The Balaban J connectivity index is 1.34. The number of ether oxygens (including phenoxy) is 1. The van der Waals surface area contributed by atoms with Crippen LogP contribution in [0.15, 0.2) is 97.1 Å². The molecule has 5 rings (SSSR count). The molecular weight excluding hydrogens is 426 g/mol. The van der Waals surface area contributed by atoms with Crippen LogP contribution in [0.4, 0.5) is 5.69 Å². The Morgan fingerprint density at radius 1 is 0.600 bits per heavy atom. The fourth-order valence-corrected chi connectivity index (χ4v) is 5.04. The van der Waals surface area contributed by atoms with Crippen molar-refractivity contribution in [2.75, 3.05) is 11.6 Å². The summed E-state index contributed by atoms with van der Waals surface area (Å²) in [6.45, 7) is 12.8. The summed E-state index contributed by atoms with van der Waals surface area (Å²) in [6, 6.07) is 35.4. The summed E-state index contributed by atoms with van der Waals surface area (Å²) in [4.78, 5) is 2.28. The van der Waals surface area contributed by atoms with Crippen LogP contribution in [0.5, 0.6) is 5.75 Å². The molecule has 4 aromatic carbocycles. The lowest BCUT2D eigenvalue weighted by molar-refractivity contribution is 0.289. The smallest absolute Gasteiger partial charge is 0.161 e.